The summed E-state index contributed by atoms with van der Waals surface area (Å²) in [6.07, 6.45) is 4.80. The van der Waals surface area contributed by atoms with E-state index in [4.69, 9.17) is 0 Å². The summed E-state index contributed by atoms with van der Waals surface area (Å²) in [7, 11) is 0. The lowest BCUT2D eigenvalue weighted by molar-refractivity contribution is -0.122. The Morgan fingerprint density at radius 3 is 2.47 bits per heavy atom. The molecule has 1 amide bonds. The highest BCUT2D eigenvalue weighted by atomic mass is 16.2. The van der Waals surface area contributed by atoms with Gasteiger partial charge in [-0.3, -0.25) is 9.69 Å². The molecule has 2 N–H and O–H groups in total. The van der Waals surface area contributed by atoms with Gasteiger partial charge in [-0.25, -0.2) is 0 Å². The van der Waals surface area contributed by atoms with Gasteiger partial charge in [0.25, 0.3) is 0 Å². The second-order valence-electron chi connectivity index (χ2n) is 6.61. The van der Waals surface area contributed by atoms with Gasteiger partial charge in [0.05, 0.1) is 6.54 Å². The summed E-state index contributed by atoms with van der Waals surface area (Å²) in [5, 5.41) is 6.61. The zero-order valence-electron chi connectivity index (χ0n) is 12.5. The van der Waals surface area contributed by atoms with E-state index in [1.165, 1.54) is 25.7 Å². The van der Waals surface area contributed by atoms with Crippen LogP contribution in [0.4, 0.5) is 0 Å². The van der Waals surface area contributed by atoms with Crippen LogP contribution in [0.15, 0.2) is 0 Å². The Kier molecular flexibility index (Phi) is 5.64. The fourth-order valence-electron chi connectivity index (χ4n) is 2.63. The van der Waals surface area contributed by atoms with E-state index in [0.29, 0.717) is 12.6 Å². The zero-order chi connectivity index (χ0) is 13.7. The Hall–Kier alpha value is -0.610. The van der Waals surface area contributed by atoms with E-state index < -0.39 is 0 Å². The Balaban J connectivity index is 1.55. The molecule has 1 saturated heterocycles. The van der Waals surface area contributed by atoms with E-state index in [1.807, 2.05) is 0 Å². The molecular formula is C15H29N3O. The molecule has 0 atom stereocenters. The molecule has 0 aromatic rings. The molecule has 4 heteroatoms. The highest BCUT2D eigenvalue weighted by Gasteiger charge is 2.25. The summed E-state index contributed by atoms with van der Waals surface area (Å²) in [6.45, 7) is 9.49. The van der Waals surface area contributed by atoms with Crippen molar-refractivity contribution in [1.82, 2.24) is 15.5 Å². The minimum atomic E-state index is 0.221. The maximum atomic E-state index is 11.7. The predicted octanol–water partition coefficient (Wildman–Crippen LogP) is 1.22. The summed E-state index contributed by atoms with van der Waals surface area (Å²) in [6, 6.07) is 0.491. The number of piperidine rings is 1. The molecule has 1 saturated carbocycles. The van der Waals surface area contributed by atoms with Crippen molar-refractivity contribution in [3.63, 3.8) is 0 Å². The van der Waals surface area contributed by atoms with Gasteiger partial charge in [-0.2, -0.15) is 0 Å². The topological polar surface area (TPSA) is 44.4 Å². The minimum Gasteiger partial charge on any atom is -0.352 e. The van der Waals surface area contributed by atoms with Crippen LogP contribution in [0.2, 0.25) is 0 Å². The van der Waals surface area contributed by atoms with Crippen molar-refractivity contribution in [3.05, 3.63) is 0 Å². The molecule has 1 aliphatic carbocycles. The number of nitrogens with one attached hydrogen (secondary N) is 2. The number of hydrogen-bond donors (Lipinski definition) is 2. The molecule has 0 unspecified atom stereocenters. The molecule has 0 spiro atoms. The van der Waals surface area contributed by atoms with Crippen molar-refractivity contribution in [2.24, 2.45) is 11.8 Å². The third kappa shape index (κ3) is 5.91. The number of likely N-dealkylation sites (tertiary alicyclic amines) is 1. The summed E-state index contributed by atoms with van der Waals surface area (Å²) in [5.41, 5.74) is 0. The van der Waals surface area contributed by atoms with Gasteiger partial charge in [0.1, 0.15) is 0 Å². The van der Waals surface area contributed by atoms with E-state index in [1.54, 1.807) is 0 Å². The van der Waals surface area contributed by atoms with Gasteiger partial charge < -0.3 is 10.6 Å². The van der Waals surface area contributed by atoms with Gasteiger partial charge in [-0.05, 0) is 63.7 Å². The second kappa shape index (κ2) is 7.25. The van der Waals surface area contributed by atoms with Crippen molar-refractivity contribution in [1.29, 1.82) is 0 Å². The highest BCUT2D eigenvalue weighted by Crippen LogP contribution is 2.19. The maximum Gasteiger partial charge on any atom is 0.234 e. The van der Waals surface area contributed by atoms with Crippen LogP contribution in [0.25, 0.3) is 0 Å². The fraction of sp³-hybridized carbons (Fsp3) is 0.933. The minimum absolute atomic E-state index is 0.221. The molecular weight excluding hydrogens is 238 g/mol. The van der Waals surface area contributed by atoms with Gasteiger partial charge in [0, 0.05) is 6.04 Å². The van der Waals surface area contributed by atoms with Gasteiger partial charge in [-0.15, -0.1) is 0 Å². The monoisotopic (exact) mass is 267 g/mol. The summed E-state index contributed by atoms with van der Waals surface area (Å²) in [5.74, 6) is 1.74. The van der Waals surface area contributed by atoms with Gasteiger partial charge in [-0.1, -0.05) is 13.8 Å². The molecule has 110 valence electrons. The van der Waals surface area contributed by atoms with E-state index in [9.17, 15) is 4.79 Å². The maximum absolute atomic E-state index is 11.7. The number of hydrogen-bond acceptors (Lipinski definition) is 3. The quantitative estimate of drug-likeness (QED) is 0.729. The van der Waals surface area contributed by atoms with Crippen LogP contribution < -0.4 is 10.6 Å². The first-order valence-corrected chi connectivity index (χ1v) is 7.86. The smallest absolute Gasteiger partial charge is 0.234 e. The first-order valence-electron chi connectivity index (χ1n) is 7.86. The predicted molar refractivity (Wildman–Crippen MR) is 78.0 cm³/mol. The van der Waals surface area contributed by atoms with Crippen molar-refractivity contribution < 1.29 is 4.79 Å². The van der Waals surface area contributed by atoms with E-state index in [0.717, 1.165) is 38.0 Å². The number of amides is 1. The Morgan fingerprint density at radius 1 is 1.21 bits per heavy atom. The van der Waals surface area contributed by atoms with Crippen LogP contribution in [0, 0.1) is 11.8 Å². The molecule has 2 rings (SSSR count). The lowest BCUT2D eigenvalue weighted by atomic mass is 9.96. The third-order valence-corrected chi connectivity index (χ3v) is 4.00. The number of nitrogens with zero attached hydrogens (tertiary/aromatic N) is 1. The number of rotatable bonds is 7. The molecule has 1 heterocycles. The first-order chi connectivity index (χ1) is 9.13. The molecule has 0 aromatic carbocycles. The molecule has 0 radical (unpaired) electrons. The largest absolute Gasteiger partial charge is 0.352 e. The lowest BCUT2D eigenvalue weighted by Crippen LogP contribution is -2.43. The molecule has 1 aliphatic heterocycles. The fourth-order valence-corrected chi connectivity index (χ4v) is 2.63. The normalized spacial score (nSPS) is 21.8. The molecule has 0 bridgehead atoms. The van der Waals surface area contributed by atoms with Crippen LogP contribution in [-0.4, -0.2) is 49.6 Å². The average molecular weight is 267 g/mol. The molecule has 2 aliphatic rings. The van der Waals surface area contributed by atoms with Gasteiger partial charge in [0.2, 0.25) is 5.91 Å². The summed E-state index contributed by atoms with van der Waals surface area (Å²) >= 11 is 0. The first kappa shape index (κ1) is 14.8. The zero-order valence-corrected chi connectivity index (χ0v) is 12.5. The summed E-state index contributed by atoms with van der Waals surface area (Å²) in [4.78, 5) is 14.0. The van der Waals surface area contributed by atoms with Crippen LogP contribution >= 0.6 is 0 Å². The van der Waals surface area contributed by atoms with Crippen LogP contribution in [-0.2, 0) is 4.79 Å². The summed E-state index contributed by atoms with van der Waals surface area (Å²) < 4.78 is 0. The van der Waals surface area contributed by atoms with Crippen LogP contribution in [0.3, 0.4) is 0 Å². The Labute approximate surface area is 117 Å². The molecule has 2 fully saturated rings. The highest BCUT2D eigenvalue weighted by molar-refractivity contribution is 5.78. The van der Waals surface area contributed by atoms with Gasteiger partial charge >= 0.3 is 0 Å². The van der Waals surface area contributed by atoms with Gasteiger partial charge in [0.15, 0.2) is 0 Å². The Morgan fingerprint density at radius 2 is 1.89 bits per heavy atom. The van der Waals surface area contributed by atoms with Crippen molar-refractivity contribution >= 4 is 5.91 Å². The van der Waals surface area contributed by atoms with E-state index in [-0.39, 0.29) is 5.91 Å². The standard InChI is InChI=1S/C15H29N3O/c1-12(2)9-16-10-13-5-7-18(8-6-13)11-15(19)17-14-3-4-14/h12-14,16H,3-11H2,1-2H3,(H,17,19). The molecule has 0 aromatic heterocycles. The van der Waals surface area contributed by atoms with E-state index >= 15 is 0 Å². The SMILES string of the molecule is CC(C)CNCC1CCN(CC(=O)NC2CC2)CC1. The average Bonchev–Trinajstić information content (AvgIpc) is 3.14. The van der Waals surface area contributed by atoms with Crippen LogP contribution in [0.5, 0.6) is 0 Å². The van der Waals surface area contributed by atoms with Crippen molar-refractivity contribution in [3.8, 4) is 0 Å². The second-order valence-corrected chi connectivity index (χ2v) is 6.61. The molecule has 4 nitrogen and oxygen atoms in total. The third-order valence-electron chi connectivity index (χ3n) is 4.00. The number of carbonyl (C=O) groups excluding carboxylic acids is 1. The van der Waals surface area contributed by atoms with Crippen LogP contribution in [0.1, 0.15) is 39.5 Å². The van der Waals surface area contributed by atoms with Crippen molar-refractivity contribution in [2.75, 3.05) is 32.7 Å². The Bertz CT molecular complexity index is 281. The molecule has 19 heavy (non-hydrogen) atoms. The van der Waals surface area contributed by atoms with E-state index in [2.05, 4.69) is 29.4 Å². The van der Waals surface area contributed by atoms with Crippen molar-refractivity contribution in [2.45, 2.75) is 45.6 Å². The lowest BCUT2D eigenvalue weighted by Gasteiger charge is -2.31. The number of carbonyl (C=O) groups is 1.